The van der Waals surface area contributed by atoms with Crippen LogP contribution in [-0.2, 0) is 0 Å². The maximum absolute atomic E-state index is 8.45. The molecule has 0 aliphatic rings. The topological polar surface area (TPSA) is 46.3 Å². The fourth-order valence-corrected chi connectivity index (χ4v) is 0.353. The SMILES string of the molecule is Cc1cc(O)no1.[KH]. The minimum absolute atomic E-state index is 0. The van der Waals surface area contributed by atoms with Crippen LogP contribution in [0.25, 0.3) is 0 Å². The summed E-state index contributed by atoms with van der Waals surface area (Å²) in [5, 5.41) is 11.6. The van der Waals surface area contributed by atoms with Crippen LogP contribution in [0.4, 0.5) is 0 Å². The van der Waals surface area contributed by atoms with E-state index in [0.717, 1.165) is 0 Å². The number of nitrogens with zero attached hydrogens (tertiary/aromatic N) is 1. The van der Waals surface area contributed by atoms with Crippen molar-refractivity contribution in [3.63, 3.8) is 0 Å². The van der Waals surface area contributed by atoms with Gasteiger partial charge in [-0.15, -0.1) is 0 Å². The Balaban J connectivity index is 0.000000490. The summed E-state index contributed by atoms with van der Waals surface area (Å²) in [4.78, 5) is 0. The molecule has 0 atom stereocenters. The van der Waals surface area contributed by atoms with E-state index >= 15 is 0 Å². The summed E-state index contributed by atoms with van der Waals surface area (Å²) in [6.07, 6.45) is 0. The van der Waals surface area contributed by atoms with Crippen molar-refractivity contribution < 1.29 is 9.63 Å². The van der Waals surface area contributed by atoms with Crippen molar-refractivity contribution in [1.29, 1.82) is 0 Å². The van der Waals surface area contributed by atoms with Crippen molar-refractivity contribution in [2.75, 3.05) is 0 Å². The Bertz CT molecular complexity index is 146. The zero-order valence-electron chi connectivity index (χ0n) is 3.88. The summed E-state index contributed by atoms with van der Waals surface area (Å²) in [5.74, 6) is 0.565. The van der Waals surface area contributed by atoms with E-state index in [4.69, 9.17) is 5.11 Å². The summed E-state index contributed by atoms with van der Waals surface area (Å²) < 4.78 is 4.46. The number of rotatable bonds is 0. The van der Waals surface area contributed by atoms with Crippen molar-refractivity contribution in [3.05, 3.63) is 11.8 Å². The van der Waals surface area contributed by atoms with Crippen molar-refractivity contribution in [1.82, 2.24) is 5.16 Å². The van der Waals surface area contributed by atoms with E-state index in [0.29, 0.717) is 5.76 Å². The Morgan fingerprint density at radius 2 is 2.38 bits per heavy atom. The maximum atomic E-state index is 8.45. The first-order valence-corrected chi connectivity index (χ1v) is 1.91. The minimum atomic E-state index is -0.0579. The molecule has 0 bridgehead atoms. The molecule has 4 heteroatoms. The van der Waals surface area contributed by atoms with Crippen molar-refractivity contribution in [2.24, 2.45) is 0 Å². The number of hydrogen-bond donors (Lipinski definition) is 1. The van der Waals surface area contributed by atoms with Gasteiger partial charge < -0.3 is 9.63 Å². The van der Waals surface area contributed by atoms with Gasteiger partial charge in [0, 0.05) is 6.07 Å². The number of aromatic hydroxyl groups is 1. The molecule has 0 saturated heterocycles. The van der Waals surface area contributed by atoms with Gasteiger partial charge in [-0.2, -0.15) is 0 Å². The molecule has 1 aromatic heterocycles. The number of hydrogen-bond acceptors (Lipinski definition) is 3. The zero-order valence-corrected chi connectivity index (χ0v) is 3.88. The molecule has 0 radical (unpaired) electrons. The van der Waals surface area contributed by atoms with Crippen molar-refractivity contribution >= 4 is 51.4 Å². The average molecular weight is 139 g/mol. The predicted octanol–water partition coefficient (Wildman–Crippen LogP) is 0.0401. The summed E-state index contributed by atoms with van der Waals surface area (Å²) in [7, 11) is 0. The first-order chi connectivity index (χ1) is 3.29. The van der Waals surface area contributed by atoms with Crippen LogP contribution in [0.3, 0.4) is 0 Å². The summed E-state index contributed by atoms with van der Waals surface area (Å²) in [5.41, 5.74) is 0. The molecule has 0 aliphatic heterocycles. The number of aromatic nitrogens is 1. The van der Waals surface area contributed by atoms with Crippen LogP contribution in [0.15, 0.2) is 10.6 Å². The van der Waals surface area contributed by atoms with Gasteiger partial charge in [0.25, 0.3) is 5.88 Å². The second kappa shape index (κ2) is 3.63. The van der Waals surface area contributed by atoms with E-state index in [9.17, 15) is 0 Å². The first-order valence-electron chi connectivity index (χ1n) is 1.91. The molecular weight excluding hydrogens is 133 g/mol. The van der Waals surface area contributed by atoms with Crippen LogP contribution >= 0.6 is 0 Å². The van der Waals surface area contributed by atoms with Crippen LogP contribution in [0.2, 0.25) is 0 Å². The molecule has 0 fully saturated rings. The van der Waals surface area contributed by atoms with Gasteiger partial charge in [-0.1, -0.05) is 0 Å². The molecule has 40 valence electrons. The Morgan fingerprint density at radius 3 is 2.50 bits per heavy atom. The molecule has 0 aliphatic carbocycles. The fourth-order valence-electron chi connectivity index (χ4n) is 0.353. The second-order valence-corrected chi connectivity index (χ2v) is 1.30. The molecule has 0 amide bonds. The van der Waals surface area contributed by atoms with E-state index in [1.807, 2.05) is 0 Å². The molecule has 0 spiro atoms. The molecule has 1 aromatic rings. The van der Waals surface area contributed by atoms with Gasteiger partial charge in [-0.05, 0) is 12.1 Å². The van der Waals surface area contributed by atoms with E-state index in [1.165, 1.54) is 6.07 Å². The van der Waals surface area contributed by atoms with Crippen LogP contribution < -0.4 is 0 Å². The standard InChI is InChI=1S/C4H5NO2.K.H/c1-3-2-4(6)5-7-3;;/h2H,1H3,(H,5,6);;. The summed E-state index contributed by atoms with van der Waals surface area (Å²) >= 11 is 0. The predicted molar refractivity (Wildman–Crippen MR) is 30.1 cm³/mol. The Hall–Kier alpha value is 0.646. The van der Waals surface area contributed by atoms with E-state index in [-0.39, 0.29) is 57.3 Å². The number of aryl methyl sites for hydroxylation is 1. The van der Waals surface area contributed by atoms with Crippen LogP contribution in [-0.4, -0.2) is 61.6 Å². The summed E-state index contributed by atoms with van der Waals surface area (Å²) in [6.45, 7) is 1.72. The Morgan fingerprint density at radius 1 is 1.75 bits per heavy atom. The van der Waals surface area contributed by atoms with Gasteiger partial charge in [0.15, 0.2) is 0 Å². The van der Waals surface area contributed by atoms with Gasteiger partial charge in [-0.25, -0.2) is 0 Å². The quantitative estimate of drug-likeness (QED) is 0.516. The molecule has 0 saturated carbocycles. The van der Waals surface area contributed by atoms with Crippen LogP contribution in [0.5, 0.6) is 5.88 Å². The van der Waals surface area contributed by atoms with Gasteiger partial charge in [0.05, 0.1) is 0 Å². The Labute approximate surface area is 89.5 Å². The van der Waals surface area contributed by atoms with Gasteiger partial charge in [0.1, 0.15) is 5.76 Å². The normalized spacial score (nSPS) is 8.12. The molecule has 8 heavy (non-hydrogen) atoms. The molecule has 0 unspecified atom stereocenters. The molecule has 1 rings (SSSR count). The third-order valence-corrected chi connectivity index (χ3v) is 0.616. The molecule has 1 heterocycles. The molecular formula is C4H6KNO2. The van der Waals surface area contributed by atoms with Crippen LogP contribution in [0.1, 0.15) is 5.76 Å². The fraction of sp³-hybridized carbons (Fsp3) is 0.250. The second-order valence-electron chi connectivity index (χ2n) is 1.30. The van der Waals surface area contributed by atoms with Crippen LogP contribution in [0, 0.1) is 6.92 Å². The van der Waals surface area contributed by atoms with Gasteiger partial charge >= 0.3 is 51.4 Å². The molecule has 1 N–H and O–H groups in total. The van der Waals surface area contributed by atoms with E-state index < -0.39 is 0 Å². The third kappa shape index (κ3) is 2.28. The van der Waals surface area contributed by atoms with Crippen molar-refractivity contribution in [3.8, 4) is 5.88 Å². The first kappa shape index (κ1) is 8.65. The van der Waals surface area contributed by atoms with E-state index in [1.54, 1.807) is 6.92 Å². The zero-order chi connectivity index (χ0) is 5.28. The van der Waals surface area contributed by atoms with E-state index in [2.05, 4.69) is 9.68 Å². The van der Waals surface area contributed by atoms with Crippen molar-refractivity contribution in [2.45, 2.75) is 6.92 Å². The molecule has 0 aromatic carbocycles. The monoisotopic (exact) mass is 139 g/mol. The van der Waals surface area contributed by atoms with Gasteiger partial charge in [-0.3, -0.25) is 0 Å². The molecule has 3 nitrogen and oxygen atoms in total. The third-order valence-electron chi connectivity index (χ3n) is 0.616. The summed E-state index contributed by atoms with van der Waals surface area (Å²) in [6, 6.07) is 1.44. The average Bonchev–Trinajstić information content (AvgIpc) is 1.87. The Kier molecular flexibility index (Phi) is 3.92. The van der Waals surface area contributed by atoms with Gasteiger partial charge in [0.2, 0.25) is 0 Å².